The van der Waals surface area contributed by atoms with Crippen molar-refractivity contribution >= 4 is 28.9 Å². The van der Waals surface area contributed by atoms with Crippen molar-refractivity contribution in [1.29, 1.82) is 0 Å². The molecule has 0 saturated carbocycles. The van der Waals surface area contributed by atoms with Crippen molar-refractivity contribution in [2.75, 3.05) is 5.32 Å². The number of esters is 1. The molecule has 1 atom stereocenters. The van der Waals surface area contributed by atoms with Crippen LogP contribution in [-0.2, 0) is 9.53 Å². The van der Waals surface area contributed by atoms with Crippen LogP contribution in [0.1, 0.15) is 28.5 Å². The first kappa shape index (κ1) is 18.8. The Hall–Kier alpha value is -2.99. The maximum absolute atomic E-state index is 12.3. The second-order valence-corrected chi connectivity index (χ2v) is 7.17. The van der Waals surface area contributed by atoms with E-state index in [9.17, 15) is 9.59 Å². The van der Waals surface area contributed by atoms with Crippen LogP contribution in [0.15, 0.2) is 53.9 Å². The monoisotopic (exact) mass is 380 g/mol. The average Bonchev–Trinajstić information content (AvgIpc) is 3.12. The number of aromatic nitrogens is 1. The van der Waals surface area contributed by atoms with Gasteiger partial charge in [-0.05, 0) is 38.5 Å². The first-order valence-corrected chi connectivity index (χ1v) is 9.41. The molecular weight excluding hydrogens is 360 g/mol. The van der Waals surface area contributed by atoms with Crippen molar-refractivity contribution in [3.63, 3.8) is 0 Å². The van der Waals surface area contributed by atoms with Crippen molar-refractivity contribution in [3.05, 3.63) is 70.7 Å². The number of aryl methyl sites for hydroxylation is 2. The molecule has 1 amide bonds. The van der Waals surface area contributed by atoms with Gasteiger partial charge in [0.25, 0.3) is 5.91 Å². The van der Waals surface area contributed by atoms with Crippen LogP contribution in [-0.4, -0.2) is 23.0 Å². The fourth-order valence-corrected chi connectivity index (χ4v) is 3.23. The molecule has 5 nitrogen and oxygen atoms in total. The molecule has 138 valence electrons. The van der Waals surface area contributed by atoms with Crippen molar-refractivity contribution in [3.8, 4) is 10.6 Å². The summed E-state index contributed by atoms with van der Waals surface area (Å²) in [6.07, 6.45) is -0.928. The van der Waals surface area contributed by atoms with Crippen LogP contribution in [0.4, 0.5) is 5.69 Å². The van der Waals surface area contributed by atoms with Gasteiger partial charge >= 0.3 is 5.97 Å². The highest BCUT2D eigenvalue weighted by molar-refractivity contribution is 7.13. The van der Waals surface area contributed by atoms with Gasteiger partial charge < -0.3 is 10.1 Å². The zero-order valence-electron chi connectivity index (χ0n) is 15.4. The number of nitrogens with one attached hydrogen (secondary N) is 1. The molecule has 0 unspecified atom stereocenters. The molecule has 3 aromatic rings. The number of thiazole rings is 1. The third-order valence-electron chi connectivity index (χ3n) is 3.95. The summed E-state index contributed by atoms with van der Waals surface area (Å²) in [6.45, 7) is 5.49. The van der Waals surface area contributed by atoms with Gasteiger partial charge in [-0.15, -0.1) is 11.3 Å². The fraction of sp³-hybridized carbons (Fsp3) is 0.190. The lowest BCUT2D eigenvalue weighted by molar-refractivity contribution is -0.123. The highest BCUT2D eigenvalue weighted by Gasteiger charge is 2.21. The number of hydrogen-bond donors (Lipinski definition) is 1. The lowest BCUT2D eigenvalue weighted by Crippen LogP contribution is -2.30. The van der Waals surface area contributed by atoms with Gasteiger partial charge in [-0.1, -0.05) is 42.0 Å². The molecule has 6 heteroatoms. The lowest BCUT2D eigenvalue weighted by Gasteiger charge is -2.13. The Balaban J connectivity index is 1.62. The van der Waals surface area contributed by atoms with Crippen molar-refractivity contribution in [2.24, 2.45) is 0 Å². The van der Waals surface area contributed by atoms with E-state index in [1.807, 2.05) is 56.3 Å². The molecule has 1 N–H and O–H groups in total. The van der Waals surface area contributed by atoms with Gasteiger partial charge in [-0.2, -0.15) is 0 Å². The highest BCUT2D eigenvalue weighted by atomic mass is 32.1. The molecule has 0 aliphatic heterocycles. The Kier molecular flexibility index (Phi) is 5.66. The smallest absolute Gasteiger partial charge is 0.358 e. The van der Waals surface area contributed by atoms with E-state index in [-0.39, 0.29) is 11.6 Å². The van der Waals surface area contributed by atoms with Crippen molar-refractivity contribution < 1.29 is 14.3 Å². The topological polar surface area (TPSA) is 68.3 Å². The van der Waals surface area contributed by atoms with E-state index < -0.39 is 12.1 Å². The SMILES string of the molecule is Cc1ccc(-c2nc(C(=O)O[C@H](C)C(=O)Nc3cccc(C)c3)cs2)cc1. The average molecular weight is 380 g/mol. The van der Waals surface area contributed by atoms with E-state index in [0.29, 0.717) is 5.69 Å². The minimum absolute atomic E-state index is 0.200. The second kappa shape index (κ2) is 8.14. The number of rotatable bonds is 5. The van der Waals surface area contributed by atoms with Crippen molar-refractivity contribution in [1.82, 2.24) is 4.98 Å². The van der Waals surface area contributed by atoms with Gasteiger partial charge in [0.15, 0.2) is 11.8 Å². The van der Waals surface area contributed by atoms with Gasteiger partial charge in [0.1, 0.15) is 5.01 Å². The molecule has 0 aliphatic carbocycles. The molecule has 1 aromatic heterocycles. The van der Waals surface area contributed by atoms with Crippen LogP contribution in [0, 0.1) is 13.8 Å². The summed E-state index contributed by atoms with van der Waals surface area (Å²) in [7, 11) is 0. The molecule has 0 fully saturated rings. The fourth-order valence-electron chi connectivity index (χ4n) is 2.44. The normalized spacial score (nSPS) is 11.7. The minimum Gasteiger partial charge on any atom is -0.448 e. The molecular formula is C21H20N2O3S. The molecule has 0 aliphatic rings. The largest absolute Gasteiger partial charge is 0.448 e. The first-order chi connectivity index (χ1) is 12.9. The van der Waals surface area contributed by atoms with E-state index in [0.717, 1.165) is 21.7 Å². The van der Waals surface area contributed by atoms with E-state index >= 15 is 0 Å². The number of hydrogen-bond acceptors (Lipinski definition) is 5. The van der Waals surface area contributed by atoms with Crippen LogP contribution >= 0.6 is 11.3 Å². The zero-order valence-corrected chi connectivity index (χ0v) is 16.2. The third-order valence-corrected chi connectivity index (χ3v) is 4.84. The standard InChI is InChI=1S/C21H20N2O3S/c1-13-7-9-16(10-8-13)20-23-18(12-27-20)21(25)26-15(3)19(24)22-17-6-4-5-14(2)11-17/h4-12,15H,1-3H3,(H,22,24)/t15-/m1/s1. The van der Waals surface area contributed by atoms with E-state index in [1.165, 1.54) is 18.3 Å². The van der Waals surface area contributed by atoms with Gasteiger partial charge in [-0.25, -0.2) is 9.78 Å². The number of carbonyl (C=O) groups excluding carboxylic acids is 2. The van der Waals surface area contributed by atoms with E-state index in [4.69, 9.17) is 4.74 Å². The Bertz CT molecular complexity index is 964. The summed E-state index contributed by atoms with van der Waals surface area (Å²) in [5, 5.41) is 5.12. The summed E-state index contributed by atoms with van der Waals surface area (Å²) < 4.78 is 5.26. The number of amides is 1. The van der Waals surface area contributed by atoms with Gasteiger partial charge in [0, 0.05) is 16.6 Å². The van der Waals surface area contributed by atoms with Crippen LogP contribution in [0.25, 0.3) is 10.6 Å². The summed E-state index contributed by atoms with van der Waals surface area (Å²) in [6, 6.07) is 15.3. The molecule has 1 heterocycles. The number of benzene rings is 2. The van der Waals surface area contributed by atoms with Crippen LogP contribution in [0.5, 0.6) is 0 Å². The molecule has 2 aromatic carbocycles. The van der Waals surface area contributed by atoms with E-state index in [1.54, 1.807) is 11.4 Å². The molecule has 3 rings (SSSR count). The summed E-state index contributed by atoms with van der Waals surface area (Å²) in [5.74, 6) is -1.00. The predicted octanol–water partition coefficient (Wildman–Crippen LogP) is 4.61. The van der Waals surface area contributed by atoms with Crippen molar-refractivity contribution in [2.45, 2.75) is 26.9 Å². The summed E-state index contributed by atoms with van der Waals surface area (Å²) in [5.41, 5.74) is 3.99. The Morgan fingerprint density at radius 2 is 1.81 bits per heavy atom. The van der Waals surface area contributed by atoms with Crippen LogP contribution in [0.2, 0.25) is 0 Å². The molecule has 0 saturated heterocycles. The van der Waals surface area contributed by atoms with Crippen LogP contribution in [0.3, 0.4) is 0 Å². The molecule has 0 bridgehead atoms. The Morgan fingerprint density at radius 3 is 2.52 bits per heavy atom. The number of nitrogens with zero attached hydrogens (tertiary/aromatic N) is 1. The highest BCUT2D eigenvalue weighted by Crippen LogP contribution is 2.24. The van der Waals surface area contributed by atoms with Gasteiger partial charge in [0.2, 0.25) is 0 Å². The molecule has 27 heavy (non-hydrogen) atoms. The summed E-state index contributed by atoms with van der Waals surface area (Å²) >= 11 is 1.36. The number of anilines is 1. The maximum Gasteiger partial charge on any atom is 0.358 e. The number of carbonyl (C=O) groups is 2. The van der Waals surface area contributed by atoms with E-state index in [2.05, 4.69) is 10.3 Å². The Morgan fingerprint density at radius 1 is 1.07 bits per heavy atom. The second-order valence-electron chi connectivity index (χ2n) is 6.31. The third kappa shape index (κ3) is 4.80. The molecule has 0 spiro atoms. The summed E-state index contributed by atoms with van der Waals surface area (Å²) in [4.78, 5) is 28.9. The first-order valence-electron chi connectivity index (χ1n) is 8.53. The number of ether oxygens (including phenoxy) is 1. The predicted molar refractivity (Wildman–Crippen MR) is 107 cm³/mol. The Labute approximate surface area is 162 Å². The quantitative estimate of drug-likeness (QED) is 0.656. The maximum atomic E-state index is 12.3. The lowest BCUT2D eigenvalue weighted by atomic mass is 10.2. The zero-order chi connectivity index (χ0) is 19.4. The van der Waals surface area contributed by atoms with Crippen LogP contribution < -0.4 is 5.32 Å². The van der Waals surface area contributed by atoms with Gasteiger partial charge in [-0.3, -0.25) is 4.79 Å². The van der Waals surface area contributed by atoms with Gasteiger partial charge in [0.05, 0.1) is 0 Å². The minimum atomic E-state index is -0.928. The molecule has 0 radical (unpaired) electrons.